The van der Waals surface area contributed by atoms with Gasteiger partial charge < -0.3 is 19.6 Å². The third-order valence-electron chi connectivity index (χ3n) is 4.96. The fourth-order valence-electron chi connectivity index (χ4n) is 3.37. The number of carbonyl (C=O) groups excluding carboxylic acids is 1. The lowest BCUT2D eigenvalue weighted by Crippen LogP contribution is -2.35. The molecule has 0 bridgehead atoms. The number of nitrogens with one attached hydrogen (secondary N) is 1. The average molecular weight is 368 g/mol. The summed E-state index contributed by atoms with van der Waals surface area (Å²) in [5.41, 5.74) is 1.55. The molecule has 2 aliphatic rings. The van der Waals surface area contributed by atoms with Crippen LogP contribution in [0.5, 0.6) is 0 Å². The molecule has 4 rings (SSSR count). The van der Waals surface area contributed by atoms with E-state index in [1.807, 2.05) is 12.1 Å². The molecule has 2 atom stereocenters. The van der Waals surface area contributed by atoms with Crippen LogP contribution in [0.2, 0.25) is 0 Å². The number of ether oxygens (including phenoxy) is 2. The number of carbonyl (C=O) groups is 1. The van der Waals surface area contributed by atoms with Gasteiger partial charge >= 0.3 is 0 Å². The summed E-state index contributed by atoms with van der Waals surface area (Å²) in [6.45, 7) is 3.04. The highest BCUT2D eigenvalue weighted by molar-refractivity contribution is 6.39. The van der Waals surface area contributed by atoms with Gasteiger partial charge in [0.1, 0.15) is 5.71 Å². The van der Waals surface area contributed by atoms with Gasteiger partial charge in [0.15, 0.2) is 6.10 Å². The lowest BCUT2D eigenvalue weighted by molar-refractivity contribution is -0.115. The third-order valence-corrected chi connectivity index (χ3v) is 4.96. The molecule has 0 aromatic heterocycles. The Kier molecular flexibility index (Phi) is 5.65. The molecule has 2 aromatic carbocycles. The maximum absolute atomic E-state index is 12.2. The number of nitrogens with zero attached hydrogens (tertiary/aromatic N) is 1. The molecule has 0 spiro atoms. The van der Waals surface area contributed by atoms with Crippen molar-refractivity contribution in [3.63, 3.8) is 0 Å². The van der Waals surface area contributed by atoms with E-state index in [-0.39, 0.29) is 12.0 Å². The fourth-order valence-corrected chi connectivity index (χ4v) is 3.37. The van der Waals surface area contributed by atoms with Gasteiger partial charge in [-0.3, -0.25) is 4.79 Å². The number of hydrogen-bond donors (Lipinski definition) is 1. The van der Waals surface area contributed by atoms with Gasteiger partial charge in [0.2, 0.25) is 0 Å². The van der Waals surface area contributed by atoms with Crippen LogP contribution in [0.15, 0.2) is 47.6 Å². The summed E-state index contributed by atoms with van der Waals surface area (Å²) in [5.74, 6) is 0.247. The summed E-state index contributed by atoms with van der Waals surface area (Å²) in [6.07, 6.45) is 1.26. The standard InChI is InChI=1S/C21H24N2O4/c24-21(22-11-16-7-8-25-13-16)20-10-19(27-23-20)14-26-12-15-5-6-17-3-1-2-4-18(17)9-15/h1-6,9,16,19H,7-8,10-14H2,(H,22,24). The summed E-state index contributed by atoms with van der Waals surface area (Å²) in [5, 5.41) is 9.25. The van der Waals surface area contributed by atoms with Crippen LogP contribution in [0.4, 0.5) is 0 Å². The highest BCUT2D eigenvalue weighted by Gasteiger charge is 2.27. The second kappa shape index (κ2) is 8.50. The molecule has 27 heavy (non-hydrogen) atoms. The number of amides is 1. The monoisotopic (exact) mass is 368 g/mol. The minimum Gasteiger partial charge on any atom is -0.389 e. The second-order valence-corrected chi connectivity index (χ2v) is 7.11. The van der Waals surface area contributed by atoms with Gasteiger partial charge in [-0.25, -0.2) is 0 Å². The van der Waals surface area contributed by atoms with Gasteiger partial charge in [0.05, 0.1) is 19.8 Å². The van der Waals surface area contributed by atoms with E-state index in [2.05, 4.69) is 40.8 Å². The van der Waals surface area contributed by atoms with Crippen LogP contribution < -0.4 is 5.32 Å². The predicted octanol–water partition coefficient (Wildman–Crippen LogP) is 2.65. The molecule has 2 aromatic rings. The zero-order valence-electron chi connectivity index (χ0n) is 15.2. The number of hydrogen-bond acceptors (Lipinski definition) is 5. The normalized spacial score (nSPS) is 21.9. The zero-order valence-corrected chi connectivity index (χ0v) is 15.2. The Labute approximate surface area is 158 Å². The van der Waals surface area contributed by atoms with Crippen LogP contribution in [0.1, 0.15) is 18.4 Å². The van der Waals surface area contributed by atoms with Crippen LogP contribution in [0, 0.1) is 5.92 Å². The van der Waals surface area contributed by atoms with E-state index < -0.39 is 0 Å². The molecule has 1 amide bonds. The summed E-state index contributed by atoms with van der Waals surface area (Å²) in [7, 11) is 0. The highest BCUT2D eigenvalue weighted by atomic mass is 16.7. The first kappa shape index (κ1) is 17.9. The Bertz CT molecular complexity index is 830. The number of oxime groups is 1. The number of rotatable bonds is 7. The molecule has 1 N–H and O–H groups in total. The van der Waals surface area contributed by atoms with E-state index in [4.69, 9.17) is 14.3 Å². The smallest absolute Gasteiger partial charge is 0.269 e. The van der Waals surface area contributed by atoms with Crippen molar-refractivity contribution in [3.8, 4) is 0 Å². The third kappa shape index (κ3) is 4.64. The second-order valence-electron chi connectivity index (χ2n) is 7.11. The zero-order chi connectivity index (χ0) is 18.5. The van der Waals surface area contributed by atoms with Gasteiger partial charge in [-0.05, 0) is 28.8 Å². The minimum absolute atomic E-state index is 0.154. The van der Waals surface area contributed by atoms with Crippen LogP contribution in [-0.4, -0.2) is 44.1 Å². The SMILES string of the molecule is O=C(NCC1CCOC1)C1=NOC(COCc2ccc3ccccc3c2)C1. The maximum atomic E-state index is 12.2. The largest absolute Gasteiger partial charge is 0.389 e. The molecular formula is C21H24N2O4. The van der Waals surface area contributed by atoms with Gasteiger partial charge in [0, 0.05) is 25.5 Å². The lowest BCUT2D eigenvalue weighted by atomic mass is 10.1. The van der Waals surface area contributed by atoms with Crippen LogP contribution in [-0.2, 0) is 25.7 Å². The van der Waals surface area contributed by atoms with Crippen molar-refractivity contribution < 1.29 is 19.1 Å². The van der Waals surface area contributed by atoms with Crippen molar-refractivity contribution in [3.05, 3.63) is 48.0 Å². The van der Waals surface area contributed by atoms with Gasteiger partial charge in [-0.1, -0.05) is 41.6 Å². The summed E-state index contributed by atoms with van der Waals surface area (Å²) in [4.78, 5) is 17.5. The molecule has 6 heteroatoms. The first-order valence-corrected chi connectivity index (χ1v) is 9.42. The van der Waals surface area contributed by atoms with Gasteiger partial charge in [-0.15, -0.1) is 0 Å². The first-order valence-electron chi connectivity index (χ1n) is 9.42. The molecular weight excluding hydrogens is 344 g/mol. The Morgan fingerprint density at radius 1 is 1.22 bits per heavy atom. The predicted molar refractivity (Wildman–Crippen MR) is 102 cm³/mol. The van der Waals surface area contributed by atoms with Crippen LogP contribution in [0.25, 0.3) is 10.8 Å². The van der Waals surface area contributed by atoms with E-state index in [0.717, 1.165) is 18.6 Å². The Morgan fingerprint density at radius 2 is 2.11 bits per heavy atom. The molecule has 1 saturated heterocycles. The quantitative estimate of drug-likeness (QED) is 0.816. The van der Waals surface area contributed by atoms with E-state index >= 15 is 0 Å². The van der Waals surface area contributed by atoms with Gasteiger partial charge in [0.25, 0.3) is 5.91 Å². The fraction of sp³-hybridized carbons (Fsp3) is 0.429. The Balaban J connectivity index is 1.19. The Morgan fingerprint density at radius 3 is 2.96 bits per heavy atom. The van der Waals surface area contributed by atoms with Crippen molar-refractivity contribution >= 4 is 22.4 Å². The van der Waals surface area contributed by atoms with Crippen molar-refractivity contribution in [2.75, 3.05) is 26.4 Å². The minimum atomic E-state index is -0.207. The number of benzene rings is 2. The molecule has 0 aliphatic carbocycles. The van der Waals surface area contributed by atoms with Crippen molar-refractivity contribution in [2.45, 2.75) is 25.6 Å². The molecule has 142 valence electrons. The molecule has 1 fully saturated rings. The average Bonchev–Trinajstić information content (AvgIpc) is 3.38. The topological polar surface area (TPSA) is 69.2 Å². The maximum Gasteiger partial charge on any atom is 0.269 e. The summed E-state index contributed by atoms with van der Waals surface area (Å²) < 4.78 is 11.1. The first-order chi connectivity index (χ1) is 13.3. The summed E-state index contributed by atoms with van der Waals surface area (Å²) >= 11 is 0. The van der Waals surface area contributed by atoms with Crippen molar-refractivity contribution in [2.24, 2.45) is 11.1 Å². The van der Waals surface area contributed by atoms with Crippen molar-refractivity contribution in [1.82, 2.24) is 5.32 Å². The molecule has 6 nitrogen and oxygen atoms in total. The molecule has 2 unspecified atom stereocenters. The van der Waals surface area contributed by atoms with Gasteiger partial charge in [-0.2, -0.15) is 0 Å². The lowest BCUT2D eigenvalue weighted by Gasteiger charge is -2.10. The van der Waals surface area contributed by atoms with E-state index in [9.17, 15) is 4.79 Å². The molecule has 2 heterocycles. The Hall–Kier alpha value is -2.44. The molecule has 0 saturated carbocycles. The van der Waals surface area contributed by atoms with E-state index in [1.54, 1.807) is 0 Å². The van der Waals surface area contributed by atoms with Crippen LogP contribution in [0.3, 0.4) is 0 Å². The van der Waals surface area contributed by atoms with Crippen LogP contribution >= 0.6 is 0 Å². The molecule has 0 radical (unpaired) electrons. The van der Waals surface area contributed by atoms with E-state index in [1.165, 1.54) is 10.8 Å². The highest BCUT2D eigenvalue weighted by Crippen LogP contribution is 2.17. The van der Waals surface area contributed by atoms with E-state index in [0.29, 0.717) is 44.4 Å². The summed E-state index contributed by atoms with van der Waals surface area (Å²) in [6, 6.07) is 14.5. The molecule has 2 aliphatic heterocycles. The van der Waals surface area contributed by atoms with Crippen molar-refractivity contribution in [1.29, 1.82) is 0 Å². The number of fused-ring (bicyclic) bond motifs is 1.